The average Bonchev–Trinajstić information content (AvgIpc) is 3.21. The number of benzene rings is 2. The van der Waals surface area contributed by atoms with Crippen LogP contribution in [0.15, 0.2) is 52.1 Å². The number of amides is 1. The van der Waals surface area contributed by atoms with Crippen LogP contribution in [-0.4, -0.2) is 49.7 Å². The predicted molar refractivity (Wildman–Crippen MR) is 118 cm³/mol. The Morgan fingerprint density at radius 2 is 1.83 bits per heavy atom. The van der Waals surface area contributed by atoms with E-state index in [4.69, 9.17) is 13.9 Å². The van der Waals surface area contributed by atoms with Crippen molar-refractivity contribution in [3.8, 4) is 23.0 Å². The zero-order chi connectivity index (χ0) is 21.7. The summed E-state index contributed by atoms with van der Waals surface area (Å²) >= 11 is 1.19. The molecule has 1 atom stereocenters. The van der Waals surface area contributed by atoms with Crippen molar-refractivity contribution in [3.05, 3.63) is 42.5 Å². The van der Waals surface area contributed by atoms with Crippen LogP contribution in [-0.2, 0) is 4.79 Å². The van der Waals surface area contributed by atoms with Gasteiger partial charge in [0.2, 0.25) is 5.91 Å². The van der Waals surface area contributed by atoms with Crippen LogP contribution in [0.25, 0.3) is 11.5 Å². The molecule has 158 valence electrons. The molecule has 0 aliphatic rings. The number of methoxy groups -OCH3 is 2. The standard InChI is InChI=1S/C21H24N4O4S/c1-13(19(26)22-14-6-8-15(9-7-14)25(2)3)30-21-24-23-20(29-21)17-11-10-16(27-4)12-18(17)28-5/h6-13H,1-5H3,(H,22,26). The summed E-state index contributed by atoms with van der Waals surface area (Å²) in [5.41, 5.74) is 2.44. The Bertz CT molecular complexity index is 1000. The first-order chi connectivity index (χ1) is 14.4. The molecule has 0 bridgehead atoms. The zero-order valence-corrected chi connectivity index (χ0v) is 18.3. The molecule has 1 aromatic heterocycles. The van der Waals surface area contributed by atoms with E-state index in [1.54, 1.807) is 39.3 Å². The van der Waals surface area contributed by atoms with E-state index in [1.807, 2.05) is 43.3 Å². The predicted octanol–water partition coefficient (Wildman–Crippen LogP) is 3.94. The fraction of sp³-hybridized carbons (Fsp3) is 0.286. The normalized spacial score (nSPS) is 11.6. The molecule has 1 amide bonds. The van der Waals surface area contributed by atoms with E-state index in [0.29, 0.717) is 28.2 Å². The van der Waals surface area contributed by atoms with Gasteiger partial charge < -0.3 is 24.1 Å². The smallest absolute Gasteiger partial charge is 0.277 e. The van der Waals surface area contributed by atoms with Crippen LogP contribution in [0.5, 0.6) is 11.5 Å². The van der Waals surface area contributed by atoms with E-state index >= 15 is 0 Å². The molecule has 3 aromatic rings. The number of anilines is 2. The monoisotopic (exact) mass is 428 g/mol. The minimum absolute atomic E-state index is 0.153. The number of rotatable bonds is 8. The third-order valence-corrected chi connectivity index (χ3v) is 5.28. The van der Waals surface area contributed by atoms with Crippen molar-refractivity contribution in [2.24, 2.45) is 0 Å². The number of carbonyl (C=O) groups is 1. The summed E-state index contributed by atoms with van der Waals surface area (Å²) < 4.78 is 16.3. The molecule has 1 heterocycles. The van der Waals surface area contributed by atoms with Crippen LogP contribution in [0.1, 0.15) is 6.92 Å². The molecular weight excluding hydrogens is 404 g/mol. The van der Waals surface area contributed by atoms with Gasteiger partial charge in [0, 0.05) is 31.5 Å². The first kappa shape index (κ1) is 21.5. The number of ether oxygens (including phenoxy) is 2. The van der Waals surface area contributed by atoms with Crippen LogP contribution >= 0.6 is 11.8 Å². The maximum Gasteiger partial charge on any atom is 0.277 e. The summed E-state index contributed by atoms with van der Waals surface area (Å²) in [5, 5.41) is 10.9. The Balaban J connectivity index is 1.66. The van der Waals surface area contributed by atoms with Crippen molar-refractivity contribution < 1.29 is 18.7 Å². The van der Waals surface area contributed by atoms with Crippen LogP contribution in [0.3, 0.4) is 0 Å². The van der Waals surface area contributed by atoms with Crippen molar-refractivity contribution in [2.45, 2.75) is 17.4 Å². The van der Waals surface area contributed by atoms with E-state index in [-0.39, 0.29) is 5.91 Å². The van der Waals surface area contributed by atoms with Crippen LogP contribution in [0.4, 0.5) is 11.4 Å². The first-order valence-electron chi connectivity index (χ1n) is 9.22. The highest BCUT2D eigenvalue weighted by Gasteiger charge is 2.20. The molecule has 8 nitrogen and oxygen atoms in total. The molecule has 0 spiro atoms. The Hall–Kier alpha value is -3.20. The fourth-order valence-electron chi connectivity index (χ4n) is 2.63. The molecule has 9 heteroatoms. The summed E-state index contributed by atoms with van der Waals surface area (Å²) in [7, 11) is 7.07. The summed E-state index contributed by atoms with van der Waals surface area (Å²) in [6.07, 6.45) is 0. The largest absolute Gasteiger partial charge is 0.497 e. The van der Waals surface area contributed by atoms with Crippen LogP contribution in [0.2, 0.25) is 0 Å². The van der Waals surface area contributed by atoms with Gasteiger partial charge in [0.1, 0.15) is 11.5 Å². The van der Waals surface area contributed by atoms with Gasteiger partial charge >= 0.3 is 0 Å². The van der Waals surface area contributed by atoms with Crippen molar-refractivity contribution in [1.82, 2.24) is 10.2 Å². The molecule has 0 radical (unpaired) electrons. The lowest BCUT2D eigenvalue weighted by atomic mass is 10.2. The molecule has 0 saturated heterocycles. The Morgan fingerprint density at radius 3 is 2.47 bits per heavy atom. The highest BCUT2D eigenvalue weighted by molar-refractivity contribution is 8.00. The van der Waals surface area contributed by atoms with Crippen molar-refractivity contribution in [1.29, 1.82) is 0 Å². The molecule has 3 rings (SSSR count). The molecule has 0 saturated carbocycles. The topological polar surface area (TPSA) is 89.7 Å². The third-order valence-electron chi connectivity index (χ3n) is 4.34. The van der Waals surface area contributed by atoms with Crippen molar-refractivity contribution in [3.63, 3.8) is 0 Å². The zero-order valence-electron chi connectivity index (χ0n) is 17.5. The van der Waals surface area contributed by atoms with Gasteiger partial charge in [0.05, 0.1) is 25.0 Å². The molecule has 0 aliphatic heterocycles. The summed E-state index contributed by atoms with van der Waals surface area (Å²) in [5.74, 6) is 1.37. The summed E-state index contributed by atoms with van der Waals surface area (Å²) in [4.78, 5) is 14.5. The maximum atomic E-state index is 12.5. The molecule has 2 aromatic carbocycles. The minimum Gasteiger partial charge on any atom is -0.497 e. The Labute approximate surface area is 179 Å². The van der Waals surface area contributed by atoms with Gasteiger partial charge in [0.25, 0.3) is 11.1 Å². The van der Waals surface area contributed by atoms with E-state index < -0.39 is 5.25 Å². The molecule has 30 heavy (non-hydrogen) atoms. The first-order valence-corrected chi connectivity index (χ1v) is 10.1. The fourth-order valence-corrected chi connectivity index (χ4v) is 3.32. The van der Waals surface area contributed by atoms with Crippen molar-refractivity contribution >= 4 is 29.0 Å². The molecule has 0 fully saturated rings. The second-order valence-electron chi connectivity index (χ2n) is 6.63. The van der Waals surface area contributed by atoms with Gasteiger partial charge in [-0.05, 0) is 43.3 Å². The summed E-state index contributed by atoms with van der Waals surface area (Å²) in [6.45, 7) is 1.78. The Kier molecular flexibility index (Phi) is 6.83. The van der Waals surface area contributed by atoms with Gasteiger partial charge in [0.15, 0.2) is 0 Å². The van der Waals surface area contributed by atoms with Gasteiger partial charge in [-0.1, -0.05) is 11.8 Å². The second kappa shape index (κ2) is 9.53. The van der Waals surface area contributed by atoms with Crippen LogP contribution in [0, 0.1) is 0 Å². The molecule has 0 aliphatic carbocycles. The number of hydrogen-bond donors (Lipinski definition) is 1. The molecule has 1 N–H and O–H groups in total. The number of hydrogen-bond acceptors (Lipinski definition) is 8. The lowest BCUT2D eigenvalue weighted by Crippen LogP contribution is -2.22. The number of nitrogens with zero attached hydrogens (tertiary/aromatic N) is 3. The van der Waals surface area contributed by atoms with Gasteiger partial charge in [-0.15, -0.1) is 10.2 Å². The number of nitrogens with one attached hydrogen (secondary N) is 1. The molecule has 1 unspecified atom stereocenters. The van der Waals surface area contributed by atoms with Crippen molar-refractivity contribution in [2.75, 3.05) is 38.5 Å². The number of carbonyl (C=O) groups excluding carboxylic acids is 1. The lowest BCUT2D eigenvalue weighted by molar-refractivity contribution is -0.115. The summed E-state index contributed by atoms with van der Waals surface area (Å²) in [6, 6.07) is 12.9. The second-order valence-corrected chi connectivity index (χ2v) is 7.92. The van der Waals surface area contributed by atoms with E-state index in [9.17, 15) is 4.79 Å². The van der Waals surface area contributed by atoms with Gasteiger partial charge in [-0.2, -0.15) is 0 Å². The lowest BCUT2D eigenvalue weighted by Gasteiger charge is -2.14. The van der Waals surface area contributed by atoms with Gasteiger partial charge in [-0.3, -0.25) is 4.79 Å². The SMILES string of the molecule is COc1ccc(-c2nnc(SC(C)C(=O)Nc3ccc(N(C)C)cc3)o2)c(OC)c1. The quantitative estimate of drug-likeness (QED) is 0.540. The van der Waals surface area contributed by atoms with Gasteiger partial charge in [-0.25, -0.2) is 0 Å². The third kappa shape index (κ3) is 5.04. The number of thioether (sulfide) groups is 1. The number of aromatic nitrogens is 2. The van der Waals surface area contributed by atoms with Crippen LogP contribution < -0.4 is 19.7 Å². The molecular formula is C21H24N4O4S. The van der Waals surface area contributed by atoms with E-state index in [0.717, 1.165) is 11.4 Å². The maximum absolute atomic E-state index is 12.5. The minimum atomic E-state index is -0.426. The Morgan fingerprint density at radius 1 is 1.10 bits per heavy atom. The average molecular weight is 429 g/mol. The highest BCUT2D eigenvalue weighted by Crippen LogP contribution is 2.34. The highest BCUT2D eigenvalue weighted by atomic mass is 32.2. The van der Waals surface area contributed by atoms with E-state index in [2.05, 4.69) is 15.5 Å². The van der Waals surface area contributed by atoms with E-state index in [1.165, 1.54) is 11.8 Å².